The molecule has 0 aromatic carbocycles. The van der Waals surface area contributed by atoms with Gasteiger partial charge in [0.2, 0.25) is 0 Å². The van der Waals surface area contributed by atoms with Crippen LogP contribution in [0.25, 0.3) is 0 Å². The van der Waals surface area contributed by atoms with E-state index in [1.54, 1.807) is 0 Å². The van der Waals surface area contributed by atoms with Crippen molar-refractivity contribution in [3.8, 4) is 0 Å². The van der Waals surface area contributed by atoms with Gasteiger partial charge in [-0.2, -0.15) is 0 Å². The summed E-state index contributed by atoms with van der Waals surface area (Å²) in [4.78, 5) is 8.61. The molecule has 78 valence electrons. The lowest BCUT2D eigenvalue weighted by Crippen LogP contribution is -2.39. The molecule has 0 atom stereocenters. The normalized spacial score (nSPS) is 24.1. The Morgan fingerprint density at radius 3 is 2.71 bits per heavy atom. The number of amidine groups is 1. The highest BCUT2D eigenvalue weighted by atomic mass is 16.3. The van der Waals surface area contributed by atoms with E-state index in [2.05, 4.69) is 16.9 Å². The summed E-state index contributed by atoms with van der Waals surface area (Å²) in [6, 6.07) is 0. The molecule has 1 saturated carbocycles. The highest BCUT2D eigenvalue weighted by molar-refractivity contribution is 6.03. The molecule has 3 heteroatoms. The van der Waals surface area contributed by atoms with E-state index in [-0.39, 0.29) is 5.90 Å². The van der Waals surface area contributed by atoms with Crippen molar-refractivity contribution in [1.82, 2.24) is 0 Å². The number of hydrogen-bond acceptors (Lipinski definition) is 3. The molecule has 1 heterocycles. The number of unbranched alkanes of at least 4 members (excludes halogenated alkanes) is 1. The SMILES string of the molecule is CCCCC1=NC2(CCCC2)C([O-])=N1. The van der Waals surface area contributed by atoms with Crippen LogP contribution in [0.15, 0.2) is 9.98 Å². The first kappa shape index (κ1) is 9.69. The monoisotopic (exact) mass is 193 g/mol. The van der Waals surface area contributed by atoms with Crippen LogP contribution in [-0.2, 0) is 0 Å². The van der Waals surface area contributed by atoms with Crippen molar-refractivity contribution in [2.75, 3.05) is 0 Å². The van der Waals surface area contributed by atoms with Crippen molar-refractivity contribution >= 4 is 11.7 Å². The van der Waals surface area contributed by atoms with E-state index < -0.39 is 5.54 Å². The lowest BCUT2D eigenvalue weighted by atomic mass is 9.99. The Labute approximate surface area is 85.0 Å². The second-order valence-corrected chi connectivity index (χ2v) is 4.29. The maximum atomic E-state index is 11.7. The van der Waals surface area contributed by atoms with Crippen LogP contribution < -0.4 is 5.11 Å². The molecule has 1 aliphatic heterocycles. The first-order chi connectivity index (χ1) is 6.77. The molecule has 2 aliphatic rings. The summed E-state index contributed by atoms with van der Waals surface area (Å²) >= 11 is 0. The summed E-state index contributed by atoms with van der Waals surface area (Å²) in [5.41, 5.74) is -0.400. The molecule has 14 heavy (non-hydrogen) atoms. The lowest BCUT2D eigenvalue weighted by molar-refractivity contribution is -0.223. The van der Waals surface area contributed by atoms with Crippen LogP contribution in [-0.4, -0.2) is 17.3 Å². The number of nitrogens with zero attached hydrogens (tertiary/aromatic N) is 2. The standard InChI is InChI=1S/C11H18N2O/c1-2-3-6-9-12-10(14)11(13-9)7-4-5-8-11/h2-8H2,1H3,(H,12,13,14)/p-1. The predicted molar refractivity (Wildman–Crippen MR) is 55.6 cm³/mol. The van der Waals surface area contributed by atoms with Crippen molar-refractivity contribution in [3.05, 3.63) is 0 Å². The smallest absolute Gasteiger partial charge is 0.123 e. The van der Waals surface area contributed by atoms with E-state index in [1.165, 1.54) is 0 Å². The molecule has 0 bridgehead atoms. The molecule has 0 saturated heterocycles. The van der Waals surface area contributed by atoms with Crippen molar-refractivity contribution in [2.24, 2.45) is 9.98 Å². The average Bonchev–Trinajstić information content (AvgIpc) is 2.74. The Balaban J connectivity index is 2.08. The molecular formula is C11H17N2O-. The molecule has 1 fully saturated rings. The summed E-state index contributed by atoms with van der Waals surface area (Å²) in [7, 11) is 0. The fourth-order valence-electron chi connectivity index (χ4n) is 2.27. The fraction of sp³-hybridized carbons (Fsp3) is 0.818. The fourth-order valence-corrected chi connectivity index (χ4v) is 2.27. The molecule has 0 aromatic heterocycles. The summed E-state index contributed by atoms with van der Waals surface area (Å²) in [5.74, 6) is 0.833. The van der Waals surface area contributed by atoms with Gasteiger partial charge in [0, 0.05) is 6.42 Å². The highest BCUT2D eigenvalue weighted by Gasteiger charge is 2.37. The van der Waals surface area contributed by atoms with Gasteiger partial charge in [0.1, 0.15) is 5.84 Å². The molecule has 0 unspecified atom stereocenters. The molecule has 0 amide bonds. The van der Waals surface area contributed by atoms with Crippen LogP contribution in [0.5, 0.6) is 0 Å². The zero-order valence-corrected chi connectivity index (χ0v) is 8.75. The van der Waals surface area contributed by atoms with E-state index in [9.17, 15) is 5.11 Å². The molecule has 1 aliphatic carbocycles. The van der Waals surface area contributed by atoms with Gasteiger partial charge in [-0.05, 0) is 25.2 Å². The van der Waals surface area contributed by atoms with Gasteiger partial charge < -0.3 is 5.11 Å². The zero-order valence-electron chi connectivity index (χ0n) is 8.75. The Hall–Kier alpha value is -0.860. The minimum absolute atomic E-state index is 0.0288. The van der Waals surface area contributed by atoms with Gasteiger partial charge in [-0.1, -0.05) is 26.2 Å². The first-order valence-electron chi connectivity index (χ1n) is 5.62. The molecular weight excluding hydrogens is 176 g/mol. The summed E-state index contributed by atoms with van der Waals surface area (Å²) < 4.78 is 0. The third-order valence-corrected chi connectivity index (χ3v) is 3.16. The number of hydrogen-bond donors (Lipinski definition) is 0. The van der Waals surface area contributed by atoms with Gasteiger partial charge in [0.25, 0.3) is 0 Å². The molecule has 3 nitrogen and oxygen atoms in total. The Morgan fingerprint density at radius 2 is 2.07 bits per heavy atom. The van der Waals surface area contributed by atoms with Gasteiger partial charge in [-0.25, -0.2) is 0 Å². The maximum absolute atomic E-state index is 11.7. The second kappa shape index (κ2) is 3.71. The maximum Gasteiger partial charge on any atom is 0.123 e. The third-order valence-electron chi connectivity index (χ3n) is 3.16. The van der Waals surface area contributed by atoms with Crippen LogP contribution >= 0.6 is 0 Å². The Morgan fingerprint density at radius 1 is 1.36 bits per heavy atom. The zero-order chi connectivity index (χ0) is 10.0. The van der Waals surface area contributed by atoms with Crippen LogP contribution in [0.2, 0.25) is 0 Å². The van der Waals surface area contributed by atoms with E-state index in [4.69, 9.17) is 0 Å². The van der Waals surface area contributed by atoms with E-state index in [0.717, 1.165) is 50.8 Å². The second-order valence-electron chi connectivity index (χ2n) is 4.29. The predicted octanol–water partition coefficient (Wildman–Crippen LogP) is 1.66. The van der Waals surface area contributed by atoms with Crippen molar-refractivity contribution < 1.29 is 5.11 Å². The summed E-state index contributed by atoms with van der Waals surface area (Å²) in [6.45, 7) is 2.14. The van der Waals surface area contributed by atoms with E-state index >= 15 is 0 Å². The van der Waals surface area contributed by atoms with Gasteiger partial charge in [-0.3, -0.25) is 9.98 Å². The van der Waals surface area contributed by atoms with Gasteiger partial charge in [0.05, 0.1) is 5.54 Å². The van der Waals surface area contributed by atoms with Crippen LogP contribution in [0, 0.1) is 0 Å². The lowest BCUT2D eigenvalue weighted by Gasteiger charge is -2.25. The number of aliphatic imine (C=N–C) groups is 2. The summed E-state index contributed by atoms with van der Waals surface area (Å²) in [6.07, 6.45) is 7.21. The van der Waals surface area contributed by atoms with Crippen molar-refractivity contribution in [2.45, 2.75) is 57.4 Å². The molecule has 0 aromatic rings. The average molecular weight is 193 g/mol. The molecule has 0 radical (unpaired) electrons. The summed E-state index contributed by atoms with van der Waals surface area (Å²) in [5, 5.41) is 11.7. The largest absolute Gasteiger partial charge is 0.860 e. The van der Waals surface area contributed by atoms with Crippen molar-refractivity contribution in [3.63, 3.8) is 0 Å². The van der Waals surface area contributed by atoms with Crippen LogP contribution in [0.4, 0.5) is 0 Å². The quantitative estimate of drug-likeness (QED) is 0.672. The Bertz CT molecular complexity index is 275. The van der Waals surface area contributed by atoms with E-state index in [1.807, 2.05) is 0 Å². The van der Waals surface area contributed by atoms with Crippen LogP contribution in [0.3, 0.4) is 0 Å². The first-order valence-corrected chi connectivity index (χ1v) is 5.62. The third kappa shape index (κ3) is 1.56. The number of rotatable bonds is 3. The Kier molecular flexibility index (Phi) is 2.57. The minimum atomic E-state index is -0.400. The topological polar surface area (TPSA) is 47.8 Å². The van der Waals surface area contributed by atoms with Gasteiger partial charge in [0.15, 0.2) is 0 Å². The van der Waals surface area contributed by atoms with Gasteiger partial charge >= 0.3 is 0 Å². The molecule has 0 N–H and O–H groups in total. The van der Waals surface area contributed by atoms with Crippen molar-refractivity contribution in [1.29, 1.82) is 0 Å². The minimum Gasteiger partial charge on any atom is -0.860 e. The molecule has 1 spiro atoms. The molecule has 2 rings (SSSR count). The highest BCUT2D eigenvalue weighted by Crippen LogP contribution is 2.36. The van der Waals surface area contributed by atoms with Crippen LogP contribution in [0.1, 0.15) is 51.9 Å². The van der Waals surface area contributed by atoms with Gasteiger partial charge in [-0.15, -0.1) is 0 Å². The van der Waals surface area contributed by atoms with E-state index in [0.29, 0.717) is 0 Å².